The minimum atomic E-state index is -3.52. The quantitative estimate of drug-likeness (QED) is 0.565. The summed E-state index contributed by atoms with van der Waals surface area (Å²) >= 11 is 0. The largest absolute Gasteiger partial charge is 0.383 e. The van der Waals surface area contributed by atoms with Crippen LogP contribution in [0.3, 0.4) is 0 Å². The number of piperidine rings is 1. The van der Waals surface area contributed by atoms with Gasteiger partial charge in [-0.25, -0.2) is 13.1 Å². The Morgan fingerprint density at radius 1 is 1.24 bits per heavy atom. The van der Waals surface area contributed by atoms with Crippen LogP contribution in [0, 0.1) is 5.92 Å². The van der Waals surface area contributed by atoms with Crippen LogP contribution < -0.4 is 15.4 Å². The molecule has 1 aromatic rings. The summed E-state index contributed by atoms with van der Waals surface area (Å²) in [6.07, 6.45) is 1.71. The summed E-state index contributed by atoms with van der Waals surface area (Å²) in [7, 11) is -2.01. The van der Waals surface area contributed by atoms with Gasteiger partial charge >= 0.3 is 0 Å². The molecule has 0 aliphatic carbocycles. The van der Waals surface area contributed by atoms with E-state index >= 15 is 0 Å². The van der Waals surface area contributed by atoms with Gasteiger partial charge in [-0.15, -0.1) is 12.4 Å². The molecule has 0 unspecified atom stereocenters. The first kappa shape index (κ1) is 21.9. The number of sulfonamides is 1. The summed E-state index contributed by atoms with van der Waals surface area (Å²) in [6.45, 7) is 2.70. The first-order valence-corrected chi connectivity index (χ1v) is 9.57. The number of ether oxygens (including phenoxy) is 1. The van der Waals surface area contributed by atoms with Gasteiger partial charge < -0.3 is 15.4 Å². The molecule has 0 atom stereocenters. The lowest BCUT2D eigenvalue weighted by molar-refractivity contribution is -0.125. The highest BCUT2D eigenvalue weighted by atomic mass is 35.5. The van der Waals surface area contributed by atoms with Gasteiger partial charge in [-0.1, -0.05) is 12.1 Å². The third kappa shape index (κ3) is 6.91. The number of nitrogens with one attached hydrogen (secondary N) is 3. The molecule has 1 aliphatic heterocycles. The van der Waals surface area contributed by atoms with Crippen molar-refractivity contribution in [3.05, 3.63) is 29.8 Å². The Labute approximate surface area is 155 Å². The molecule has 0 aromatic heterocycles. The summed E-state index contributed by atoms with van der Waals surface area (Å²) < 4.78 is 31.4. The lowest BCUT2D eigenvalue weighted by Gasteiger charge is -2.21. The second-order valence-electron chi connectivity index (χ2n) is 5.78. The molecule has 3 N–H and O–H groups in total. The van der Waals surface area contributed by atoms with Crippen molar-refractivity contribution in [2.24, 2.45) is 5.92 Å². The van der Waals surface area contributed by atoms with Gasteiger partial charge in [0.15, 0.2) is 0 Å². The number of carbonyl (C=O) groups is 1. The maximum atomic E-state index is 12.1. The second kappa shape index (κ2) is 10.7. The molecule has 9 heteroatoms. The Hall–Kier alpha value is -1.19. The Balaban J connectivity index is 0.00000312. The second-order valence-corrected chi connectivity index (χ2v) is 7.54. The number of amides is 1. The molecular weight excluding hydrogens is 366 g/mol. The number of carbonyl (C=O) groups excluding carboxylic acids is 1. The van der Waals surface area contributed by atoms with E-state index < -0.39 is 10.0 Å². The zero-order valence-electron chi connectivity index (χ0n) is 14.3. The molecule has 1 heterocycles. The van der Waals surface area contributed by atoms with Crippen molar-refractivity contribution >= 4 is 28.3 Å². The van der Waals surface area contributed by atoms with Crippen LogP contribution in [0.15, 0.2) is 29.2 Å². The van der Waals surface area contributed by atoms with Crippen LogP contribution in [0.1, 0.15) is 18.4 Å². The molecule has 1 aliphatic rings. The van der Waals surface area contributed by atoms with Crippen LogP contribution in [-0.4, -0.2) is 47.7 Å². The van der Waals surface area contributed by atoms with Crippen LogP contribution in [0.25, 0.3) is 0 Å². The third-order valence-corrected chi connectivity index (χ3v) is 5.49. The molecule has 7 nitrogen and oxygen atoms in total. The molecular formula is C16H26ClN3O4S. The maximum Gasteiger partial charge on any atom is 0.240 e. The van der Waals surface area contributed by atoms with Gasteiger partial charge in [-0.2, -0.15) is 0 Å². The third-order valence-electron chi connectivity index (χ3n) is 4.01. The fourth-order valence-corrected chi connectivity index (χ4v) is 3.58. The Morgan fingerprint density at radius 3 is 2.48 bits per heavy atom. The Bertz CT molecular complexity index is 631. The van der Waals surface area contributed by atoms with E-state index in [1.165, 1.54) is 7.11 Å². The SMILES string of the molecule is COCCNS(=O)(=O)c1ccc(CNC(=O)C2CCNCC2)cc1.Cl. The molecule has 0 saturated carbocycles. The monoisotopic (exact) mass is 391 g/mol. The highest BCUT2D eigenvalue weighted by molar-refractivity contribution is 7.89. The lowest BCUT2D eigenvalue weighted by Crippen LogP contribution is -2.37. The molecule has 25 heavy (non-hydrogen) atoms. The lowest BCUT2D eigenvalue weighted by atomic mass is 9.97. The fraction of sp³-hybridized carbons (Fsp3) is 0.562. The molecule has 2 rings (SSSR count). The summed E-state index contributed by atoms with van der Waals surface area (Å²) in [6, 6.07) is 6.52. The zero-order valence-corrected chi connectivity index (χ0v) is 15.9. The first-order valence-electron chi connectivity index (χ1n) is 8.09. The van der Waals surface area contributed by atoms with Crippen molar-refractivity contribution in [1.29, 1.82) is 0 Å². The fourth-order valence-electron chi connectivity index (χ4n) is 2.57. The summed E-state index contributed by atoms with van der Waals surface area (Å²) in [5, 5.41) is 6.15. The molecule has 0 bridgehead atoms. The van der Waals surface area contributed by atoms with Gasteiger partial charge in [0.05, 0.1) is 11.5 Å². The highest BCUT2D eigenvalue weighted by Gasteiger charge is 2.20. The minimum absolute atomic E-state index is 0. The molecule has 1 saturated heterocycles. The van der Waals surface area contributed by atoms with Crippen LogP contribution >= 0.6 is 12.4 Å². The van der Waals surface area contributed by atoms with Crippen molar-refractivity contribution < 1.29 is 17.9 Å². The summed E-state index contributed by atoms with van der Waals surface area (Å²) in [4.78, 5) is 12.3. The number of halogens is 1. The zero-order chi connectivity index (χ0) is 17.4. The Morgan fingerprint density at radius 2 is 1.88 bits per heavy atom. The standard InChI is InChI=1S/C16H25N3O4S.ClH/c1-23-11-10-19-24(21,22)15-4-2-13(3-5-15)12-18-16(20)14-6-8-17-9-7-14;/h2-5,14,17,19H,6-12H2,1H3,(H,18,20);1H. The average Bonchev–Trinajstić information content (AvgIpc) is 2.61. The van der Waals surface area contributed by atoms with E-state index in [1.54, 1.807) is 24.3 Å². The topological polar surface area (TPSA) is 96.5 Å². The van der Waals surface area contributed by atoms with Crippen LogP contribution in [0.4, 0.5) is 0 Å². The normalized spacial score (nSPS) is 15.4. The van der Waals surface area contributed by atoms with Crippen LogP contribution in [-0.2, 0) is 26.1 Å². The molecule has 0 radical (unpaired) electrons. The van der Waals surface area contributed by atoms with Crippen molar-refractivity contribution in [2.45, 2.75) is 24.3 Å². The average molecular weight is 392 g/mol. The molecule has 0 spiro atoms. The number of rotatable bonds is 8. The van der Waals surface area contributed by atoms with Crippen molar-refractivity contribution in [3.8, 4) is 0 Å². The van der Waals surface area contributed by atoms with Crippen LogP contribution in [0.5, 0.6) is 0 Å². The van der Waals surface area contributed by atoms with Crippen molar-refractivity contribution in [1.82, 2.24) is 15.4 Å². The number of hydrogen-bond donors (Lipinski definition) is 3. The maximum absolute atomic E-state index is 12.1. The van der Waals surface area contributed by atoms with Crippen molar-refractivity contribution in [3.63, 3.8) is 0 Å². The van der Waals surface area contributed by atoms with E-state index in [-0.39, 0.29) is 35.7 Å². The van der Waals surface area contributed by atoms with Crippen molar-refractivity contribution in [2.75, 3.05) is 33.4 Å². The van der Waals surface area contributed by atoms with E-state index in [1.807, 2.05) is 0 Å². The predicted octanol–water partition coefficient (Wildman–Crippen LogP) is 0.649. The van der Waals surface area contributed by atoms with E-state index in [0.29, 0.717) is 13.2 Å². The van der Waals surface area contributed by atoms with Crippen LogP contribution in [0.2, 0.25) is 0 Å². The molecule has 1 aromatic carbocycles. The molecule has 1 amide bonds. The number of benzene rings is 1. The molecule has 142 valence electrons. The number of methoxy groups -OCH3 is 1. The Kier molecular flexibility index (Phi) is 9.37. The first-order chi connectivity index (χ1) is 11.5. The van der Waals surface area contributed by atoms with E-state index in [4.69, 9.17) is 4.74 Å². The summed E-state index contributed by atoms with van der Waals surface area (Å²) in [5.74, 6) is 0.130. The van der Waals surface area contributed by atoms with Gasteiger partial charge in [-0.3, -0.25) is 4.79 Å². The minimum Gasteiger partial charge on any atom is -0.383 e. The van der Waals surface area contributed by atoms with Gasteiger partial charge in [-0.05, 0) is 43.6 Å². The van der Waals surface area contributed by atoms with E-state index in [0.717, 1.165) is 31.5 Å². The van der Waals surface area contributed by atoms with E-state index in [2.05, 4.69) is 15.4 Å². The predicted molar refractivity (Wildman–Crippen MR) is 98.2 cm³/mol. The highest BCUT2D eigenvalue weighted by Crippen LogP contribution is 2.13. The number of hydrogen-bond acceptors (Lipinski definition) is 5. The smallest absolute Gasteiger partial charge is 0.240 e. The van der Waals surface area contributed by atoms with Gasteiger partial charge in [0.1, 0.15) is 0 Å². The molecule has 1 fully saturated rings. The van der Waals surface area contributed by atoms with E-state index in [9.17, 15) is 13.2 Å². The van der Waals surface area contributed by atoms with Gasteiger partial charge in [0.2, 0.25) is 15.9 Å². The van der Waals surface area contributed by atoms with Gasteiger partial charge in [0.25, 0.3) is 0 Å². The summed E-state index contributed by atoms with van der Waals surface area (Å²) in [5.41, 5.74) is 0.869. The van der Waals surface area contributed by atoms with Gasteiger partial charge in [0, 0.05) is 26.1 Å².